The van der Waals surface area contributed by atoms with Crippen LogP contribution < -0.4 is 4.90 Å². The first-order chi connectivity index (χ1) is 36.0. The summed E-state index contributed by atoms with van der Waals surface area (Å²) in [6.45, 7) is 13.9. The van der Waals surface area contributed by atoms with Crippen LogP contribution in [0.4, 0.5) is 17.1 Å². The molecule has 0 aliphatic rings. The van der Waals surface area contributed by atoms with Crippen molar-refractivity contribution in [1.29, 1.82) is 0 Å². The molecule has 0 fully saturated rings. The predicted octanol–water partition coefficient (Wildman–Crippen LogP) is 20.4. The van der Waals surface area contributed by atoms with Gasteiger partial charge in [0.15, 0.2) is 0 Å². The molecule has 0 bridgehead atoms. The minimum absolute atomic E-state index is 0.0326. The summed E-state index contributed by atoms with van der Waals surface area (Å²) in [5, 5.41) is 9.95. The van der Waals surface area contributed by atoms with Gasteiger partial charge in [-0.15, -0.1) is 0 Å². The number of para-hydroxylation sites is 3. The molecule has 13 rings (SSSR count). The molecule has 1 heterocycles. The van der Waals surface area contributed by atoms with E-state index in [1.165, 1.54) is 98.8 Å². The molecule has 2 nitrogen and oxygen atoms in total. The Balaban J connectivity index is 1.11. The Kier molecular flexibility index (Phi) is 10.7. The first kappa shape index (κ1) is 45.2. The van der Waals surface area contributed by atoms with Crippen molar-refractivity contribution in [3.8, 4) is 50.2 Å². The first-order valence-corrected chi connectivity index (χ1v) is 26.1. The molecule has 13 aromatic rings. The van der Waals surface area contributed by atoms with Gasteiger partial charge in [0.25, 0.3) is 0 Å². The molecule has 0 radical (unpaired) electrons. The summed E-state index contributed by atoms with van der Waals surface area (Å²) in [7, 11) is 0. The van der Waals surface area contributed by atoms with Crippen LogP contribution in [-0.4, -0.2) is 4.57 Å². The smallest absolute Gasteiger partial charge is 0.0543 e. The second kappa shape index (κ2) is 17.5. The molecule has 0 amide bonds. The zero-order valence-electron chi connectivity index (χ0n) is 43.0. The van der Waals surface area contributed by atoms with E-state index in [4.69, 9.17) is 0 Å². The molecule has 12 aromatic carbocycles. The largest absolute Gasteiger partial charge is 0.309 e. The van der Waals surface area contributed by atoms with Crippen LogP contribution in [0.25, 0.3) is 104 Å². The highest BCUT2D eigenvalue weighted by Crippen LogP contribution is 2.52. The van der Waals surface area contributed by atoms with Gasteiger partial charge < -0.3 is 9.47 Å². The molecule has 0 atom stereocenters. The SMILES string of the molecule is CC(C)(C)c1ccc(-c2ccccc2N(c2cc(C(C)(C)C)ccc2-c2ccc(-c3ccccc3)cc2)c2ccc3ccc4c(-n5c6ccccc6c6ccccc65)ccc5ccc2c3c54)c(-c2ccccc2)c1. The van der Waals surface area contributed by atoms with Crippen molar-refractivity contribution >= 4 is 71.2 Å². The lowest BCUT2D eigenvalue weighted by Crippen LogP contribution is -2.16. The van der Waals surface area contributed by atoms with E-state index in [-0.39, 0.29) is 10.8 Å². The Labute approximate surface area is 434 Å². The van der Waals surface area contributed by atoms with E-state index in [1.54, 1.807) is 0 Å². The molecule has 74 heavy (non-hydrogen) atoms. The Hall–Kier alpha value is -8.72. The van der Waals surface area contributed by atoms with E-state index in [0.29, 0.717) is 0 Å². The zero-order chi connectivity index (χ0) is 50.3. The Morgan fingerprint density at radius 2 is 0.784 bits per heavy atom. The molecule has 2 heteroatoms. The van der Waals surface area contributed by atoms with Crippen molar-refractivity contribution in [3.63, 3.8) is 0 Å². The minimum atomic E-state index is -0.120. The van der Waals surface area contributed by atoms with Crippen LogP contribution in [-0.2, 0) is 10.8 Å². The van der Waals surface area contributed by atoms with Crippen molar-refractivity contribution in [2.24, 2.45) is 0 Å². The van der Waals surface area contributed by atoms with Crippen LogP contribution in [0.5, 0.6) is 0 Å². The van der Waals surface area contributed by atoms with E-state index in [1.807, 2.05) is 0 Å². The van der Waals surface area contributed by atoms with Crippen LogP contribution >= 0.6 is 0 Å². The third kappa shape index (κ3) is 7.55. The maximum Gasteiger partial charge on any atom is 0.0543 e. The van der Waals surface area contributed by atoms with Gasteiger partial charge in [-0.3, -0.25) is 0 Å². The molecule has 0 aliphatic carbocycles. The number of fused-ring (bicyclic) bond motifs is 3. The molecule has 0 aliphatic heterocycles. The number of hydrogen-bond donors (Lipinski definition) is 0. The third-order valence-electron chi connectivity index (χ3n) is 15.5. The summed E-state index contributed by atoms with van der Waals surface area (Å²) in [5.74, 6) is 0. The van der Waals surface area contributed by atoms with Gasteiger partial charge in [0.05, 0.1) is 33.8 Å². The highest BCUT2D eigenvalue weighted by atomic mass is 15.1. The Morgan fingerprint density at radius 1 is 0.297 bits per heavy atom. The number of anilines is 3. The van der Waals surface area contributed by atoms with E-state index in [0.717, 1.165) is 33.8 Å². The van der Waals surface area contributed by atoms with E-state index in [9.17, 15) is 0 Å². The highest BCUT2D eigenvalue weighted by molar-refractivity contribution is 6.28. The maximum atomic E-state index is 2.59. The maximum absolute atomic E-state index is 2.59. The quantitative estimate of drug-likeness (QED) is 0.138. The molecular weight excluding hydrogens is 893 g/mol. The Morgan fingerprint density at radius 3 is 1.45 bits per heavy atom. The van der Waals surface area contributed by atoms with Crippen molar-refractivity contribution in [1.82, 2.24) is 4.57 Å². The van der Waals surface area contributed by atoms with Gasteiger partial charge in [0.2, 0.25) is 0 Å². The van der Waals surface area contributed by atoms with Crippen LogP contribution in [0.2, 0.25) is 0 Å². The molecule has 356 valence electrons. The topological polar surface area (TPSA) is 8.17 Å². The van der Waals surface area contributed by atoms with Crippen LogP contribution in [0, 0.1) is 0 Å². The second-order valence-electron chi connectivity index (χ2n) is 22.1. The summed E-state index contributed by atoms with van der Waals surface area (Å²) in [4.78, 5) is 2.59. The number of hydrogen-bond acceptors (Lipinski definition) is 1. The zero-order valence-corrected chi connectivity index (χ0v) is 43.0. The summed E-state index contributed by atoms with van der Waals surface area (Å²) in [5.41, 5.74) is 18.9. The Bertz CT molecular complexity index is 4190. The molecule has 0 N–H and O–H groups in total. The van der Waals surface area contributed by atoms with Gasteiger partial charge in [0, 0.05) is 32.7 Å². The van der Waals surface area contributed by atoms with Crippen molar-refractivity contribution in [2.75, 3.05) is 4.90 Å². The van der Waals surface area contributed by atoms with Gasteiger partial charge in [-0.05, 0) is 113 Å². The number of nitrogens with zero attached hydrogens (tertiary/aromatic N) is 2. The van der Waals surface area contributed by atoms with Gasteiger partial charge in [-0.2, -0.15) is 0 Å². The summed E-state index contributed by atoms with van der Waals surface area (Å²) < 4.78 is 2.47. The summed E-state index contributed by atoms with van der Waals surface area (Å²) in [6.07, 6.45) is 0. The van der Waals surface area contributed by atoms with Crippen molar-refractivity contribution in [2.45, 2.75) is 52.4 Å². The predicted molar refractivity (Wildman–Crippen MR) is 318 cm³/mol. The number of benzene rings is 12. The lowest BCUT2D eigenvalue weighted by atomic mass is 9.82. The van der Waals surface area contributed by atoms with E-state index in [2.05, 4.69) is 294 Å². The fourth-order valence-electron chi connectivity index (χ4n) is 11.6. The average Bonchev–Trinajstić information content (AvgIpc) is 3.77. The fraction of sp³-hybridized carbons (Fsp3) is 0.111. The molecule has 1 aromatic heterocycles. The molecule has 0 saturated heterocycles. The third-order valence-corrected chi connectivity index (χ3v) is 15.5. The van der Waals surface area contributed by atoms with Gasteiger partial charge in [-0.25, -0.2) is 0 Å². The first-order valence-electron chi connectivity index (χ1n) is 26.1. The fourth-order valence-corrected chi connectivity index (χ4v) is 11.6. The minimum Gasteiger partial charge on any atom is -0.309 e. The average molecular weight is 951 g/mol. The lowest BCUT2D eigenvalue weighted by Gasteiger charge is -2.33. The van der Waals surface area contributed by atoms with Gasteiger partial charge in [-0.1, -0.05) is 248 Å². The van der Waals surface area contributed by atoms with Gasteiger partial charge in [0.1, 0.15) is 0 Å². The van der Waals surface area contributed by atoms with Crippen molar-refractivity contribution in [3.05, 3.63) is 254 Å². The molecule has 0 unspecified atom stereocenters. The van der Waals surface area contributed by atoms with E-state index < -0.39 is 0 Å². The molecular formula is C72H58N2. The van der Waals surface area contributed by atoms with Crippen LogP contribution in [0.3, 0.4) is 0 Å². The lowest BCUT2D eigenvalue weighted by molar-refractivity contribution is 0.590. The number of aromatic nitrogens is 1. The monoisotopic (exact) mass is 950 g/mol. The normalized spacial score (nSPS) is 12.2. The second-order valence-corrected chi connectivity index (χ2v) is 22.1. The number of rotatable bonds is 8. The summed E-state index contributed by atoms with van der Waals surface area (Å²) >= 11 is 0. The molecule has 0 saturated carbocycles. The van der Waals surface area contributed by atoms with E-state index >= 15 is 0 Å². The van der Waals surface area contributed by atoms with Crippen LogP contribution in [0.15, 0.2) is 243 Å². The van der Waals surface area contributed by atoms with Crippen LogP contribution in [0.1, 0.15) is 52.7 Å². The van der Waals surface area contributed by atoms with Crippen molar-refractivity contribution < 1.29 is 0 Å². The highest BCUT2D eigenvalue weighted by Gasteiger charge is 2.28. The van der Waals surface area contributed by atoms with Gasteiger partial charge >= 0.3 is 0 Å². The standard InChI is InChI=1S/C72H58N2/c1-71(2,3)53-38-42-56(62(45-53)49-21-11-8-12-22-49)57-23-13-16-26-63(57)74(68-46-54(72(4,5)6)37-41-55(68)50-31-29-48(30-32-50)47-19-9-7-10-20-47)67-44-36-52-33-39-60-66(43-35-51-34-40-61(67)70(52)69(51)60)73-64-27-17-14-24-58(64)59-25-15-18-28-65(59)73/h7-46H,1-6H3. The summed E-state index contributed by atoms with van der Waals surface area (Å²) in [6, 6.07) is 90.7. The molecule has 0 spiro atoms.